The summed E-state index contributed by atoms with van der Waals surface area (Å²) in [5, 5.41) is 0.595. The number of thioether (sulfide) groups is 1. The van der Waals surface area contributed by atoms with E-state index in [1.807, 2.05) is 42.7 Å². The molecule has 1 aromatic heterocycles. The summed E-state index contributed by atoms with van der Waals surface area (Å²) < 4.78 is 7.13. The minimum atomic E-state index is -0.610. The van der Waals surface area contributed by atoms with Crippen molar-refractivity contribution >= 4 is 46.7 Å². The number of allylic oxidation sites excluding steroid dienone is 1. The number of hydrogen-bond donors (Lipinski definition) is 0. The van der Waals surface area contributed by atoms with Gasteiger partial charge in [0.05, 0.1) is 29.0 Å². The van der Waals surface area contributed by atoms with Crippen LogP contribution in [0.4, 0.5) is 0 Å². The summed E-state index contributed by atoms with van der Waals surface area (Å²) in [7, 11) is 1.33. The van der Waals surface area contributed by atoms with Gasteiger partial charge in [0.15, 0.2) is 4.80 Å². The fourth-order valence-corrected chi connectivity index (χ4v) is 5.20. The Labute approximate surface area is 192 Å². The van der Waals surface area contributed by atoms with Crippen LogP contribution in [0.3, 0.4) is 0 Å². The third-order valence-electron chi connectivity index (χ3n) is 5.00. The average molecular weight is 471 g/mol. The van der Waals surface area contributed by atoms with E-state index in [1.54, 1.807) is 41.5 Å². The van der Waals surface area contributed by atoms with Crippen molar-refractivity contribution in [2.45, 2.75) is 17.9 Å². The Morgan fingerprint density at radius 1 is 1.26 bits per heavy atom. The van der Waals surface area contributed by atoms with Crippen molar-refractivity contribution in [3.8, 4) is 0 Å². The summed E-state index contributed by atoms with van der Waals surface area (Å²) in [5.74, 6) is -0.496. The van der Waals surface area contributed by atoms with E-state index in [1.165, 1.54) is 18.4 Å². The summed E-state index contributed by atoms with van der Waals surface area (Å²) in [6.07, 6.45) is 3.79. The highest BCUT2D eigenvalue weighted by Crippen LogP contribution is 2.31. The molecule has 2 heterocycles. The zero-order valence-corrected chi connectivity index (χ0v) is 19.5. The molecule has 0 N–H and O–H groups in total. The second-order valence-electron chi connectivity index (χ2n) is 6.90. The fourth-order valence-electron chi connectivity index (χ4n) is 3.54. The van der Waals surface area contributed by atoms with Crippen LogP contribution in [-0.2, 0) is 9.53 Å². The molecule has 0 saturated carbocycles. The van der Waals surface area contributed by atoms with Crippen molar-refractivity contribution in [1.82, 2.24) is 4.57 Å². The number of halogens is 1. The second-order valence-corrected chi connectivity index (χ2v) is 9.23. The van der Waals surface area contributed by atoms with Crippen molar-refractivity contribution in [3.63, 3.8) is 0 Å². The number of ether oxygens (including phenoxy) is 1. The lowest BCUT2D eigenvalue weighted by Crippen LogP contribution is -2.39. The van der Waals surface area contributed by atoms with Gasteiger partial charge in [0.1, 0.15) is 0 Å². The first-order valence-electron chi connectivity index (χ1n) is 9.43. The number of nitrogens with zero attached hydrogens (tertiary/aromatic N) is 2. The molecule has 3 aromatic rings. The van der Waals surface area contributed by atoms with Gasteiger partial charge in [0, 0.05) is 9.92 Å². The van der Waals surface area contributed by atoms with E-state index < -0.39 is 12.0 Å². The summed E-state index contributed by atoms with van der Waals surface area (Å²) in [5.41, 5.74) is 2.34. The monoisotopic (exact) mass is 470 g/mol. The van der Waals surface area contributed by atoms with Gasteiger partial charge >= 0.3 is 5.97 Å². The maximum atomic E-state index is 13.4. The standard InChI is InChI=1S/C23H19ClN2O3S2/c1-13-19(22(28)29-2)20(15-7-9-17(30-3)10-8-15)26-21(27)18(31-23(26)25-13)12-14-5-4-6-16(24)11-14/h4-12,20H,1-3H3/b18-12-/t20-/m0/s1. The van der Waals surface area contributed by atoms with E-state index in [-0.39, 0.29) is 5.56 Å². The molecule has 8 heteroatoms. The van der Waals surface area contributed by atoms with Crippen molar-refractivity contribution in [3.05, 3.63) is 95.6 Å². The van der Waals surface area contributed by atoms with Gasteiger partial charge in [-0.2, -0.15) is 0 Å². The number of fused-ring (bicyclic) bond motifs is 1. The Balaban J connectivity index is 1.96. The third-order valence-corrected chi connectivity index (χ3v) is 6.97. The molecule has 2 aromatic carbocycles. The number of carbonyl (C=O) groups excluding carboxylic acids is 1. The van der Waals surface area contributed by atoms with Crippen LogP contribution < -0.4 is 14.9 Å². The predicted molar refractivity (Wildman–Crippen MR) is 125 cm³/mol. The number of rotatable bonds is 4. The van der Waals surface area contributed by atoms with E-state index in [0.29, 0.717) is 25.6 Å². The van der Waals surface area contributed by atoms with Gasteiger partial charge in [-0.25, -0.2) is 9.79 Å². The molecule has 0 amide bonds. The van der Waals surface area contributed by atoms with E-state index in [9.17, 15) is 9.59 Å². The number of hydrogen-bond acceptors (Lipinski definition) is 6. The van der Waals surface area contributed by atoms with Gasteiger partial charge in [0.2, 0.25) is 0 Å². The minimum absolute atomic E-state index is 0.212. The van der Waals surface area contributed by atoms with Crippen molar-refractivity contribution < 1.29 is 9.53 Å². The van der Waals surface area contributed by atoms with E-state index >= 15 is 0 Å². The lowest BCUT2D eigenvalue weighted by molar-refractivity contribution is -0.136. The highest BCUT2D eigenvalue weighted by molar-refractivity contribution is 7.98. The van der Waals surface area contributed by atoms with Gasteiger partial charge < -0.3 is 4.74 Å². The van der Waals surface area contributed by atoms with E-state index in [4.69, 9.17) is 16.3 Å². The molecule has 0 radical (unpaired) electrons. The average Bonchev–Trinajstić information content (AvgIpc) is 3.07. The van der Waals surface area contributed by atoms with Gasteiger partial charge in [-0.05, 0) is 54.6 Å². The number of benzene rings is 2. The smallest absolute Gasteiger partial charge is 0.338 e. The summed E-state index contributed by atoms with van der Waals surface area (Å²) in [6.45, 7) is 1.77. The summed E-state index contributed by atoms with van der Waals surface area (Å²) >= 11 is 9.01. The third kappa shape index (κ3) is 4.13. The van der Waals surface area contributed by atoms with Crippen molar-refractivity contribution in [2.75, 3.05) is 13.4 Å². The molecule has 1 aliphatic rings. The van der Waals surface area contributed by atoms with Crippen LogP contribution in [0.25, 0.3) is 6.08 Å². The topological polar surface area (TPSA) is 60.7 Å². The number of esters is 1. The Bertz CT molecular complexity index is 1370. The molecule has 5 nitrogen and oxygen atoms in total. The van der Waals surface area contributed by atoms with Crippen molar-refractivity contribution in [2.24, 2.45) is 4.99 Å². The van der Waals surface area contributed by atoms with Gasteiger partial charge in [-0.15, -0.1) is 11.8 Å². The molecule has 0 unspecified atom stereocenters. The molecular weight excluding hydrogens is 452 g/mol. The lowest BCUT2D eigenvalue weighted by Gasteiger charge is -2.24. The molecule has 31 heavy (non-hydrogen) atoms. The Kier molecular flexibility index (Phi) is 6.18. The number of aromatic nitrogens is 1. The van der Waals surface area contributed by atoms with Gasteiger partial charge in [-0.3, -0.25) is 9.36 Å². The minimum Gasteiger partial charge on any atom is -0.466 e. The zero-order valence-electron chi connectivity index (χ0n) is 17.1. The molecule has 1 atom stereocenters. The molecule has 0 fully saturated rings. The molecule has 0 saturated heterocycles. The first-order chi connectivity index (χ1) is 14.9. The van der Waals surface area contributed by atoms with E-state index in [2.05, 4.69) is 4.99 Å². The van der Waals surface area contributed by atoms with Crippen LogP contribution in [0.1, 0.15) is 24.1 Å². The molecule has 0 aliphatic carbocycles. The van der Waals surface area contributed by atoms with Crippen LogP contribution >= 0.6 is 34.7 Å². The van der Waals surface area contributed by atoms with E-state index in [0.717, 1.165) is 16.0 Å². The molecule has 0 bridgehead atoms. The predicted octanol–water partition coefficient (Wildman–Crippen LogP) is 3.78. The Hall–Kier alpha value is -2.61. The molecule has 158 valence electrons. The molecule has 4 rings (SSSR count). The fraction of sp³-hybridized carbons (Fsp3) is 0.174. The molecular formula is C23H19ClN2O3S2. The number of thiazole rings is 1. The second kappa shape index (κ2) is 8.86. The Morgan fingerprint density at radius 2 is 2.00 bits per heavy atom. The van der Waals surface area contributed by atoms with Gasteiger partial charge in [0.25, 0.3) is 5.56 Å². The van der Waals surface area contributed by atoms with Crippen LogP contribution in [0, 0.1) is 0 Å². The highest BCUT2D eigenvalue weighted by atomic mass is 35.5. The first kappa shape index (κ1) is 21.6. The lowest BCUT2D eigenvalue weighted by atomic mass is 9.96. The molecule has 1 aliphatic heterocycles. The molecule has 0 spiro atoms. The van der Waals surface area contributed by atoms with Gasteiger partial charge in [-0.1, -0.05) is 47.2 Å². The SMILES string of the molecule is COC(=O)C1=C(C)N=c2s/c(=C\c3cccc(Cl)c3)c(=O)n2[C@H]1c1ccc(SC)cc1. The quantitative estimate of drug-likeness (QED) is 0.430. The number of carbonyl (C=O) groups is 1. The maximum Gasteiger partial charge on any atom is 0.338 e. The van der Waals surface area contributed by atoms with Crippen LogP contribution in [-0.4, -0.2) is 23.9 Å². The normalized spacial score (nSPS) is 16.1. The zero-order chi connectivity index (χ0) is 22.1. The first-order valence-corrected chi connectivity index (χ1v) is 11.8. The maximum absolute atomic E-state index is 13.4. The van der Waals surface area contributed by atoms with Crippen LogP contribution in [0.2, 0.25) is 5.02 Å². The highest BCUT2D eigenvalue weighted by Gasteiger charge is 2.33. The number of methoxy groups -OCH3 is 1. The summed E-state index contributed by atoms with van der Waals surface area (Å²) in [4.78, 5) is 32.3. The largest absolute Gasteiger partial charge is 0.466 e. The van der Waals surface area contributed by atoms with Crippen molar-refractivity contribution in [1.29, 1.82) is 0 Å². The van der Waals surface area contributed by atoms with Crippen LogP contribution in [0.5, 0.6) is 0 Å². The van der Waals surface area contributed by atoms with Crippen LogP contribution in [0.15, 0.2) is 74.5 Å². The Morgan fingerprint density at radius 3 is 2.65 bits per heavy atom. The summed E-state index contributed by atoms with van der Waals surface area (Å²) in [6, 6.07) is 14.5.